The maximum Gasteiger partial charge on any atom is 0.319 e. The highest BCUT2D eigenvalue weighted by atomic mass is 79.9. The van der Waals surface area contributed by atoms with Crippen molar-refractivity contribution in [3.63, 3.8) is 0 Å². The van der Waals surface area contributed by atoms with Gasteiger partial charge in [-0.25, -0.2) is 9.18 Å². The quantitative estimate of drug-likeness (QED) is 0.615. The van der Waals surface area contributed by atoms with E-state index < -0.39 is 5.82 Å². The summed E-state index contributed by atoms with van der Waals surface area (Å²) < 4.78 is 19.4. The Bertz CT molecular complexity index is 797. The van der Waals surface area contributed by atoms with Crippen molar-refractivity contribution in [2.24, 2.45) is 0 Å². The monoisotopic (exact) mass is 437 g/mol. The van der Waals surface area contributed by atoms with Gasteiger partial charge in [0.15, 0.2) is 18.2 Å². The number of carbonyl (C=O) groups is 2. The van der Waals surface area contributed by atoms with Crippen LogP contribution in [0.1, 0.15) is 19.4 Å². The minimum atomic E-state index is -0.540. The average Bonchev–Trinajstić information content (AvgIpc) is 2.59. The third-order valence-corrected chi connectivity index (χ3v) is 3.87. The SMILES string of the molecule is CC(C)NC(=O)Nc1ccc(CNC(=O)COc2ccc(Br)cc2F)cc1. The molecule has 144 valence electrons. The summed E-state index contributed by atoms with van der Waals surface area (Å²) >= 11 is 3.15. The Morgan fingerprint density at radius 2 is 1.85 bits per heavy atom. The molecule has 0 spiro atoms. The summed E-state index contributed by atoms with van der Waals surface area (Å²) in [5.74, 6) is -0.888. The Balaban J connectivity index is 1.77. The van der Waals surface area contributed by atoms with Crippen molar-refractivity contribution in [1.29, 1.82) is 0 Å². The van der Waals surface area contributed by atoms with Crippen molar-refractivity contribution in [3.8, 4) is 5.75 Å². The molecule has 6 nitrogen and oxygen atoms in total. The number of urea groups is 1. The van der Waals surface area contributed by atoms with Crippen molar-refractivity contribution in [1.82, 2.24) is 10.6 Å². The van der Waals surface area contributed by atoms with Gasteiger partial charge in [-0.15, -0.1) is 0 Å². The van der Waals surface area contributed by atoms with Crippen molar-refractivity contribution >= 4 is 33.6 Å². The molecule has 0 saturated heterocycles. The highest BCUT2D eigenvalue weighted by molar-refractivity contribution is 9.10. The fraction of sp³-hybridized carbons (Fsp3) is 0.263. The lowest BCUT2D eigenvalue weighted by Gasteiger charge is -2.11. The molecule has 0 aliphatic heterocycles. The molecule has 0 radical (unpaired) electrons. The van der Waals surface area contributed by atoms with E-state index in [4.69, 9.17) is 4.74 Å². The molecule has 0 bridgehead atoms. The maximum absolute atomic E-state index is 13.6. The van der Waals surface area contributed by atoms with Crippen molar-refractivity contribution in [2.45, 2.75) is 26.4 Å². The molecule has 0 atom stereocenters. The molecular formula is C19H21BrFN3O3. The van der Waals surface area contributed by atoms with Crippen molar-refractivity contribution in [2.75, 3.05) is 11.9 Å². The number of ether oxygens (including phenoxy) is 1. The van der Waals surface area contributed by atoms with E-state index in [-0.39, 0.29) is 30.3 Å². The summed E-state index contributed by atoms with van der Waals surface area (Å²) in [6.07, 6.45) is 0. The summed E-state index contributed by atoms with van der Waals surface area (Å²) in [5, 5.41) is 8.14. The van der Waals surface area contributed by atoms with E-state index in [9.17, 15) is 14.0 Å². The third-order valence-electron chi connectivity index (χ3n) is 3.37. The Morgan fingerprint density at radius 1 is 1.15 bits per heavy atom. The van der Waals surface area contributed by atoms with Crippen LogP contribution in [0.3, 0.4) is 0 Å². The van der Waals surface area contributed by atoms with E-state index in [1.165, 1.54) is 12.1 Å². The van der Waals surface area contributed by atoms with E-state index >= 15 is 0 Å². The molecule has 0 fully saturated rings. The van der Waals surface area contributed by atoms with Crippen LogP contribution >= 0.6 is 15.9 Å². The number of hydrogen-bond donors (Lipinski definition) is 3. The summed E-state index contributed by atoms with van der Waals surface area (Å²) in [5.41, 5.74) is 1.50. The van der Waals surface area contributed by atoms with E-state index in [2.05, 4.69) is 31.9 Å². The molecule has 0 aromatic heterocycles. The lowest BCUT2D eigenvalue weighted by molar-refractivity contribution is -0.123. The number of halogens is 2. The fourth-order valence-corrected chi connectivity index (χ4v) is 2.46. The van der Waals surface area contributed by atoms with Gasteiger partial charge in [-0.1, -0.05) is 28.1 Å². The van der Waals surface area contributed by atoms with Crippen LogP contribution < -0.4 is 20.7 Å². The first kappa shape index (κ1) is 20.7. The van der Waals surface area contributed by atoms with Crippen LogP contribution in [0, 0.1) is 5.82 Å². The second-order valence-electron chi connectivity index (χ2n) is 6.09. The zero-order valence-corrected chi connectivity index (χ0v) is 16.6. The van der Waals surface area contributed by atoms with E-state index in [1.54, 1.807) is 30.3 Å². The molecule has 8 heteroatoms. The summed E-state index contributed by atoms with van der Waals surface area (Å²) in [4.78, 5) is 23.5. The van der Waals surface area contributed by atoms with E-state index in [0.29, 0.717) is 16.7 Å². The van der Waals surface area contributed by atoms with Gasteiger partial charge in [0, 0.05) is 22.7 Å². The highest BCUT2D eigenvalue weighted by Gasteiger charge is 2.08. The van der Waals surface area contributed by atoms with Gasteiger partial charge in [0.25, 0.3) is 5.91 Å². The molecule has 3 N–H and O–H groups in total. The molecule has 0 aliphatic rings. The average molecular weight is 438 g/mol. The number of nitrogens with one attached hydrogen (secondary N) is 3. The first-order chi connectivity index (χ1) is 12.8. The van der Waals surface area contributed by atoms with Crippen LogP contribution in [0.15, 0.2) is 46.9 Å². The zero-order valence-electron chi connectivity index (χ0n) is 15.0. The number of rotatable bonds is 7. The van der Waals surface area contributed by atoms with Gasteiger partial charge in [0.05, 0.1) is 0 Å². The molecule has 0 heterocycles. The predicted molar refractivity (Wildman–Crippen MR) is 105 cm³/mol. The van der Waals surface area contributed by atoms with Crippen molar-refractivity contribution < 1.29 is 18.7 Å². The molecule has 0 saturated carbocycles. The predicted octanol–water partition coefficient (Wildman–Crippen LogP) is 3.81. The van der Waals surface area contributed by atoms with Crippen LogP contribution in [-0.2, 0) is 11.3 Å². The Labute approximate surface area is 165 Å². The number of amides is 3. The van der Waals surface area contributed by atoms with Gasteiger partial charge in [-0.3, -0.25) is 4.79 Å². The largest absolute Gasteiger partial charge is 0.481 e. The summed E-state index contributed by atoms with van der Waals surface area (Å²) in [6, 6.07) is 11.2. The fourth-order valence-electron chi connectivity index (χ4n) is 2.12. The highest BCUT2D eigenvalue weighted by Crippen LogP contribution is 2.21. The summed E-state index contributed by atoms with van der Waals surface area (Å²) in [6.45, 7) is 3.76. The normalized spacial score (nSPS) is 10.4. The van der Waals surface area contributed by atoms with Gasteiger partial charge in [-0.2, -0.15) is 0 Å². The molecule has 0 unspecified atom stereocenters. The molecule has 2 rings (SSSR count). The van der Waals surface area contributed by atoms with Gasteiger partial charge in [-0.05, 0) is 49.7 Å². The summed E-state index contributed by atoms with van der Waals surface area (Å²) in [7, 11) is 0. The second kappa shape index (κ2) is 9.91. The van der Waals surface area contributed by atoms with E-state index in [1.807, 2.05) is 13.8 Å². The molecule has 3 amide bonds. The Morgan fingerprint density at radius 3 is 2.48 bits per heavy atom. The van der Waals surface area contributed by atoms with Gasteiger partial charge >= 0.3 is 6.03 Å². The van der Waals surface area contributed by atoms with Gasteiger partial charge < -0.3 is 20.7 Å². The Kier molecular flexibility index (Phi) is 7.60. The van der Waals surface area contributed by atoms with Crippen LogP contribution in [0.5, 0.6) is 5.75 Å². The molecule has 0 aliphatic carbocycles. The standard InChI is InChI=1S/C19H21BrFN3O3/c1-12(2)23-19(26)24-15-6-3-13(4-7-15)10-22-18(25)11-27-17-8-5-14(20)9-16(17)21/h3-9,12H,10-11H2,1-2H3,(H,22,25)(H2,23,24,26). The number of carbonyl (C=O) groups excluding carboxylic acids is 2. The lowest BCUT2D eigenvalue weighted by Crippen LogP contribution is -2.34. The zero-order chi connectivity index (χ0) is 19.8. The van der Waals surface area contributed by atoms with Crippen LogP contribution in [0.2, 0.25) is 0 Å². The number of anilines is 1. The molecular weight excluding hydrogens is 417 g/mol. The first-order valence-electron chi connectivity index (χ1n) is 8.34. The van der Waals surface area contributed by atoms with Crippen LogP contribution in [0.25, 0.3) is 0 Å². The Hall–Kier alpha value is -2.61. The topological polar surface area (TPSA) is 79.5 Å². The molecule has 27 heavy (non-hydrogen) atoms. The minimum Gasteiger partial charge on any atom is -0.481 e. The van der Waals surface area contributed by atoms with Crippen molar-refractivity contribution in [3.05, 3.63) is 58.3 Å². The number of hydrogen-bond acceptors (Lipinski definition) is 3. The molecule has 2 aromatic carbocycles. The van der Waals surface area contributed by atoms with Gasteiger partial charge in [0.1, 0.15) is 0 Å². The first-order valence-corrected chi connectivity index (χ1v) is 9.14. The van der Waals surface area contributed by atoms with Crippen LogP contribution in [0.4, 0.5) is 14.9 Å². The van der Waals surface area contributed by atoms with Crippen LogP contribution in [-0.4, -0.2) is 24.6 Å². The number of benzene rings is 2. The van der Waals surface area contributed by atoms with E-state index in [0.717, 1.165) is 5.56 Å². The third kappa shape index (κ3) is 7.26. The lowest BCUT2D eigenvalue weighted by atomic mass is 10.2. The maximum atomic E-state index is 13.6. The second-order valence-corrected chi connectivity index (χ2v) is 7.01. The minimum absolute atomic E-state index is 0.0171. The molecule has 2 aromatic rings. The van der Waals surface area contributed by atoms with Gasteiger partial charge in [0.2, 0.25) is 0 Å². The smallest absolute Gasteiger partial charge is 0.319 e.